The van der Waals surface area contributed by atoms with Gasteiger partial charge in [-0.2, -0.15) is 11.8 Å². The summed E-state index contributed by atoms with van der Waals surface area (Å²) in [4.78, 5) is 6.51. The van der Waals surface area contributed by atoms with Crippen LogP contribution in [0, 0.1) is 0 Å². The molecule has 0 aliphatic carbocycles. The minimum Gasteiger partial charge on any atom is -0.356 e. The highest BCUT2D eigenvalue weighted by Crippen LogP contribution is 2.29. The van der Waals surface area contributed by atoms with Crippen LogP contribution in [0.15, 0.2) is 4.99 Å². The lowest BCUT2D eigenvalue weighted by Crippen LogP contribution is -2.51. The van der Waals surface area contributed by atoms with Crippen LogP contribution in [-0.2, 0) is 0 Å². The number of guanidine groups is 1. The third-order valence-corrected chi connectivity index (χ3v) is 3.83. The van der Waals surface area contributed by atoms with Crippen LogP contribution < -0.4 is 5.32 Å². The first-order valence-electron chi connectivity index (χ1n) is 5.74. The summed E-state index contributed by atoms with van der Waals surface area (Å²) >= 11 is 2.00. The molecule has 6 heteroatoms. The fourth-order valence-electron chi connectivity index (χ4n) is 1.80. The van der Waals surface area contributed by atoms with E-state index >= 15 is 0 Å². The number of rotatable bonds is 3. The number of halogens is 2. The quantitative estimate of drug-likeness (QED) is 0.355. The highest BCUT2D eigenvalue weighted by Gasteiger charge is 2.28. The van der Waals surface area contributed by atoms with Crippen molar-refractivity contribution in [1.82, 2.24) is 10.2 Å². The van der Waals surface area contributed by atoms with Gasteiger partial charge in [0.05, 0.1) is 6.67 Å². The lowest BCUT2D eigenvalue weighted by atomic mass is 10.2. The van der Waals surface area contributed by atoms with Crippen molar-refractivity contribution in [3.8, 4) is 0 Å². The Balaban J connectivity index is 0.00000256. The van der Waals surface area contributed by atoms with E-state index in [-0.39, 0.29) is 35.4 Å². The molecular weight excluding hydrogens is 352 g/mol. The van der Waals surface area contributed by atoms with Crippen molar-refractivity contribution < 1.29 is 4.39 Å². The molecule has 1 fully saturated rings. The Morgan fingerprint density at radius 1 is 1.53 bits per heavy atom. The molecule has 102 valence electrons. The maximum absolute atomic E-state index is 12.0. The summed E-state index contributed by atoms with van der Waals surface area (Å²) < 4.78 is 12.3. The maximum atomic E-state index is 12.0. The zero-order valence-corrected chi connectivity index (χ0v) is 14.0. The molecule has 0 aromatic carbocycles. The zero-order chi connectivity index (χ0) is 12.0. The van der Waals surface area contributed by atoms with E-state index < -0.39 is 0 Å². The number of alkyl halides is 1. The Bertz CT molecular complexity index is 249. The minimum absolute atomic E-state index is 0. The molecule has 1 heterocycles. The molecule has 1 rings (SSSR count). The second kappa shape index (κ2) is 8.39. The molecule has 0 saturated carbocycles. The highest BCUT2D eigenvalue weighted by molar-refractivity contribution is 14.0. The SMILES string of the molecule is CN=C(NCCCF)N1CCSC(C)(C)C1.I. The summed E-state index contributed by atoms with van der Waals surface area (Å²) in [7, 11) is 1.78. The van der Waals surface area contributed by atoms with Crippen LogP contribution in [0.3, 0.4) is 0 Å². The van der Waals surface area contributed by atoms with Gasteiger partial charge in [-0.3, -0.25) is 9.38 Å². The van der Waals surface area contributed by atoms with Crippen LogP contribution in [0.4, 0.5) is 4.39 Å². The number of hydrogen-bond donors (Lipinski definition) is 1. The topological polar surface area (TPSA) is 27.6 Å². The average Bonchev–Trinajstić information content (AvgIpc) is 2.23. The molecule has 3 nitrogen and oxygen atoms in total. The van der Waals surface area contributed by atoms with Crippen molar-refractivity contribution in [3.63, 3.8) is 0 Å². The first kappa shape index (κ1) is 17.3. The molecule has 1 aliphatic rings. The van der Waals surface area contributed by atoms with E-state index in [2.05, 4.69) is 29.1 Å². The van der Waals surface area contributed by atoms with Crippen LogP contribution in [0.2, 0.25) is 0 Å². The Hall–Kier alpha value is 0.280. The average molecular weight is 375 g/mol. The summed E-state index contributed by atoms with van der Waals surface area (Å²) in [5.41, 5.74) is 0. The third-order valence-electron chi connectivity index (χ3n) is 2.53. The Kier molecular flexibility index (Phi) is 8.53. The second-order valence-corrected chi connectivity index (χ2v) is 6.35. The van der Waals surface area contributed by atoms with Gasteiger partial charge in [0, 0.05) is 37.2 Å². The number of aliphatic imine (C=N–C) groups is 1. The van der Waals surface area contributed by atoms with Crippen molar-refractivity contribution in [2.45, 2.75) is 25.0 Å². The summed E-state index contributed by atoms with van der Waals surface area (Å²) in [6, 6.07) is 0. The number of thioether (sulfide) groups is 1. The van der Waals surface area contributed by atoms with Gasteiger partial charge in [0.15, 0.2) is 5.96 Å². The molecule has 0 amide bonds. The van der Waals surface area contributed by atoms with E-state index in [4.69, 9.17) is 0 Å². The van der Waals surface area contributed by atoms with Crippen molar-refractivity contribution >= 4 is 41.7 Å². The lowest BCUT2D eigenvalue weighted by molar-refractivity contribution is 0.373. The Morgan fingerprint density at radius 2 is 2.24 bits per heavy atom. The van der Waals surface area contributed by atoms with Gasteiger partial charge in [-0.05, 0) is 20.3 Å². The standard InChI is InChI=1S/C11H22FN3S.HI/c1-11(2)9-15(7-8-16-11)10(13-3)14-6-4-5-12;/h4-9H2,1-3H3,(H,13,14);1H. The fraction of sp³-hybridized carbons (Fsp3) is 0.909. The predicted octanol–water partition coefficient (Wildman–Crippen LogP) is 2.37. The first-order valence-corrected chi connectivity index (χ1v) is 6.73. The van der Waals surface area contributed by atoms with Gasteiger partial charge in [0.2, 0.25) is 0 Å². The zero-order valence-electron chi connectivity index (χ0n) is 10.8. The molecule has 0 bridgehead atoms. The van der Waals surface area contributed by atoms with Crippen LogP contribution in [0.1, 0.15) is 20.3 Å². The monoisotopic (exact) mass is 375 g/mol. The smallest absolute Gasteiger partial charge is 0.193 e. The molecule has 0 unspecified atom stereocenters. The Labute approximate surface area is 125 Å². The van der Waals surface area contributed by atoms with E-state index in [0.29, 0.717) is 13.0 Å². The van der Waals surface area contributed by atoms with E-state index in [1.807, 2.05) is 11.8 Å². The lowest BCUT2D eigenvalue weighted by Gasteiger charge is -2.39. The molecule has 1 aliphatic heterocycles. The third kappa shape index (κ3) is 6.13. The van der Waals surface area contributed by atoms with Crippen LogP contribution in [0.5, 0.6) is 0 Å². The summed E-state index contributed by atoms with van der Waals surface area (Å²) in [5, 5.41) is 3.20. The van der Waals surface area contributed by atoms with Crippen molar-refractivity contribution in [2.24, 2.45) is 4.99 Å². The van der Waals surface area contributed by atoms with Gasteiger partial charge in [0.25, 0.3) is 0 Å². The van der Waals surface area contributed by atoms with Gasteiger partial charge in [-0.25, -0.2) is 0 Å². The summed E-state index contributed by atoms with van der Waals surface area (Å²) in [6.45, 7) is 6.90. The van der Waals surface area contributed by atoms with Gasteiger partial charge in [-0.15, -0.1) is 24.0 Å². The highest BCUT2D eigenvalue weighted by atomic mass is 127. The molecule has 0 radical (unpaired) electrons. The van der Waals surface area contributed by atoms with Gasteiger partial charge < -0.3 is 10.2 Å². The molecule has 1 saturated heterocycles. The van der Waals surface area contributed by atoms with Crippen LogP contribution in [0.25, 0.3) is 0 Å². The first-order chi connectivity index (χ1) is 7.59. The normalized spacial score (nSPS) is 19.8. The van der Waals surface area contributed by atoms with Crippen molar-refractivity contribution in [2.75, 3.05) is 39.1 Å². The summed E-state index contributed by atoms with van der Waals surface area (Å²) in [6.07, 6.45) is 0.547. The van der Waals surface area contributed by atoms with E-state index in [0.717, 1.165) is 24.8 Å². The molecule has 0 spiro atoms. The van der Waals surface area contributed by atoms with Crippen molar-refractivity contribution in [1.29, 1.82) is 0 Å². The number of nitrogens with one attached hydrogen (secondary N) is 1. The van der Waals surface area contributed by atoms with Gasteiger partial charge in [0.1, 0.15) is 0 Å². The fourth-order valence-corrected chi connectivity index (χ4v) is 2.91. The molecule has 0 aromatic heterocycles. The molecular formula is C11H23FIN3S. The van der Waals surface area contributed by atoms with Crippen LogP contribution >= 0.6 is 35.7 Å². The van der Waals surface area contributed by atoms with Gasteiger partial charge in [-0.1, -0.05) is 0 Å². The minimum atomic E-state index is -0.272. The van der Waals surface area contributed by atoms with Gasteiger partial charge >= 0.3 is 0 Å². The van der Waals surface area contributed by atoms with Crippen molar-refractivity contribution in [3.05, 3.63) is 0 Å². The molecule has 0 atom stereocenters. The summed E-state index contributed by atoms with van der Waals surface area (Å²) in [5.74, 6) is 2.03. The number of nitrogens with zero attached hydrogens (tertiary/aromatic N) is 2. The van der Waals surface area contributed by atoms with Crippen LogP contribution in [-0.4, -0.2) is 54.7 Å². The van der Waals surface area contributed by atoms with E-state index in [9.17, 15) is 4.39 Å². The Morgan fingerprint density at radius 3 is 2.76 bits per heavy atom. The molecule has 0 aromatic rings. The second-order valence-electron chi connectivity index (χ2n) is 4.55. The largest absolute Gasteiger partial charge is 0.356 e. The predicted molar refractivity (Wildman–Crippen MR) is 85.5 cm³/mol. The molecule has 17 heavy (non-hydrogen) atoms. The molecule has 1 N–H and O–H groups in total. The number of hydrogen-bond acceptors (Lipinski definition) is 2. The van der Waals surface area contributed by atoms with E-state index in [1.54, 1.807) is 7.05 Å². The maximum Gasteiger partial charge on any atom is 0.193 e. The van der Waals surface area contributed by atoms with E-state index in [1.165, 1.54) is 0 Å².